The third kappa shape index (κ3) is 3.28. The molecule has 3 aromatic carbocycles. The molecule has 134 valence electrons. The van der Waals surface area contributed by atoms with Crippen molar-refractivity contribution in [3.63, 3.8) is 0 Å². The molecule has 0 heterocycles. The van der Waals surface area contributed by atoms with Crippen molar-refractivity contribution < 1.29 is 13.2 Å². The summed E-state index contributed by atoms with van der Waals surface area (Å²) in [7, 11) is -4.03. The van der Waals surface area contributed by atoms with Crippen LogP contribution in [0.4, 0.5) is 5.69 Å². The van der Waals surface area contributed by atoms with E-state index in [0.29, 0.717) is 17.7 Å². The summed E-state index contributed by atoms with van der Waals surface area (Å²) in [6.07, 6.45) is 0.825. The number of nitrogens with one attached hydrogen (secondary N) is 1. The van der Waals surface area contributed by atoms with Crippen LogP contribution in [0, 0.1) is 5.41 Å². The minimum absolute atomic E-state index is 0.0971. The molecular formula is C20H20N2O3S. The lowest BCUT2D eigenvalue weighted by molar-refractivity contribution is 0.317. The summed E-state index contributed by atoms with van der Waals surface area (Å²) in [6, 6.07) is 17.0. The van der Waals surface area contributed by atoms with E-state index in [-0.39, 0.29) is 16.1 Å². The Balaban J connectivity index is 2.09. The van der Waals surface area contributed by atoms with Crippen LogP contribution in [0.2, 0.25) is 0 Å². The van der Waals surface area contributed by atoms with Crippen molar-refractivity contribution in [2.24, 2.45) is 0 Å². The minimum Gasteiger partial charge on any atom is -0.494 e. The van der Waals surface area contributed by atoms with Crippen molar-refractivity contribution in [1.29, 1.82) is 5.41 Å². The molecule has 0 saturated heterocycles. The molecule has 0 radical (unpaired) electrons. The molecule has 0 atom stereocenters. The van der Waals surface area contributed by atoms with Gasteiger partial charge in [-0.3, -0.25) is 5.41 Å². The second-order valence-electron chi connectivity index (χ2n) is 5.91. The summed E-state index contributed by atoms with van der Waals surface area (Å²) < 4.78 is 31.7. The lowest BCUT2D eigenvalue weighted by Crippen LogP contribution is -2.17. The van der Waals surface area contributed by atoms with Crippen molar-refractivity contribution in [1.82, 2.24) is 0 Å². The van der Waals surface area contributed by atoms with Crippen LogP contribution < -0.4 is 10.5 Å². The Bertz CT molecular complexity index is 1070. The quantitative estimate of drug-likeness (QED) is 0.404. The van der Waals surface area contributed by atoms with Crippen molar-refractivity contribution >= 4 is 31.3 Å². The van der Waals surface area contributed by atoms with Gasteiger partial charge in [0.1, 0.15) is 5.75 Å². The van der Waals surface area contributed by atoms with Crippen molar-refractivity contribution in [2.45, 2.75) is 18.2 Å². The zero-order valence-corrected chi connectivity index (χ0v) is 15.2. The fourth-order valence-electron chi connectivity index (χ4n) is 2.73. The molecule has 0 aliphatic carbocycles. The molecule has 0 bridgehead atoms. The van der Waals surface area contributed by atoms with Gasteiger partial charge in [-0.25, -0.2) is 8.42 Å². The number of rotatable bonds is 5. The molecule has 0 aliphatic rings. The summed E-state index contributed by atoms with van der Waals surface area (Å²) in [5.41, 5.74) is 6.32. The molecule has 26 heavy (non-hydrogen) atoms. The number of sulfone groups is 1. The first-order valence-corrected chi connectivity index (χ1v) is 9.77. The van der Waals surface area contributed by atoms with Gasteiger partial charge in [-0.05, 0) is 36.1 Å². The van der Waals surface area contributed by atoms with Crippen molar-refractivity contribution in [3.8, 4) is 5.75 Å². The molecule has 0 saturated carbocycles. The molecule has 3 N–H and O–H groups in total. The lowest BCUT2D eigenvalue weighted by Gasteiger charge is -2.13. The van der Waals surface area contributed by atoms with Gasteiger partial charge in [-0.15, -0.1) is 0 Å². The molecular weight excluding hydrogens is 348 g/mol. The lowest BCUT2D eigenvalue weighted by atomic mass is 10.1. The van der Waals surface area contributed by atoms with Crippen molar-refractivity contribution in [2.75, 3.05) is 12.3 Å². The van der Waals surface area contributed by atoms with Crippen LogP contribution in [-0.2, 0) is 9.84 Å². The average Bonchev–Trinajstić information content (AvgIpc) is 2.66. The van der Waals surface area contributed by atoms with Crippen LogP contribution in [0.15, 0.2) is 65.6 Å². The second kappa shape index (κ2) is 7.17. The second-order valence-corrected chi connectivity index (χ2v) is 7.76. The predicted molar refractivity (Wildman–Crippen MR) is 105 cm³/mol. The van der Waals surface area contributed by atoms with Gasteiger partial charge in [0.15, 0.2) is 5.04 Å². The van der Waals surface area contributed by atoms with Gasteiger partial charge in [-0.1, -0.05) is 43.3 Å². The molecule has 0 unspecified atom stereocenters. The van der Waals surface area contributed by atoms with Crippen LogP contribution in [0.5, 0.6) is 5.75 Å². The third-order valence-corrected chi connectivity index (χ3v) is 5.74. The van der Waals surface area contributed by atoms with Crippen LogP contribution in [-0.4, -0.2) is 20.1 Å². The highest BCUT2D eigenvalue weighted by molar-refractivity contribution is 8.07. The molecule has 0 aliphatic heterocycles. The molecule has 0 amide bonds. The smallest absolute Gasteiger partial charge is 0.224 e. The largest absolute Gasteiger partial charge is 0.494 e. The Morgan fingerprint density at radius 2 is 1.81 bits per heavy atom. The van der Waals surface area contributed by atoms with Gasteiger partial charge in [0.2, 0.25) is 9.84 Å². The first kappa shape index (κ1) is 17.9. The Morgan fingerprint density at radius 3 is 2.58 bits per heavy atom. The van der Waals surface area contributed by atoms with E-state index in [9.17, 15) is 8.42 Å². The number of hydrogen-bond acceptors (Lipinski definition) is 5. The van der Waals surface area contributed by atoms with Gasteiger partial charge in [0.25, 0.3) is 0 Å². The summed E-state index contributed by atoms with van der Waals surface area (Å²) in [6.45, 7) is 2.48. The van der Waals surface area contributed by atoms with E-state index >= 15 is 0 Å². The first-order chi connectivity index (χ1) is 12.4. The number of fused-ring (bicyclic) bond motifs is 1. The van der Waals surface area contributed by atoms with Crippen molar-refractivity contribution in [3.05, 3.63) is 66.2 Å². The molecule has 0 fully saturated rings. The third-order valence-electron chi connectivity index (χ3n) is 4.05. The predicted octanol–water partition coefficient (Wildman–Crippen LogP) is 4.01. The van der Waals surface area contributed by atoms with E-state index in [1.807, 2.05) is 25.1 Å². The Labute approximate surface area is 152 Å². The summed E-state index contributed by atoms with van der Waals surface area (Å²) in [5.74, 6) is 0.494. The molecule has 5 nitrogen and oxygen atoms in total. The molecule has 0 spiro atoms. The van der Waals surface area contributed by atoms with E-state index in [2.05, 4.69) is 0 Å². The zero-order valence-electron chi connectivity index (χ0n) is 14.4. The fourth-order valence-corrected chi connectivity index (χ4v) is 4.15. The SMILES string of the molecule is CCCOc1ccc(N)c(C(=N)S(=O)(=O)c2cccc3ccccc23)c1. The topological polar surface area (TPSA) is 93.2 Å². The molecule has 0 aromatic heterocycles. The van der Waals surface area contributed by atoms with E-state index in [1.54, 1.807) is 30.3 Å². The maximum Gasteiger partial charge on any atom is 0.224 e. The number of benzene rings is 3. The Hall–Kier alpha value is -2.86. The van der Waals surface area contributed by atoms with E-state index in [4.69, 9.17) is 15.9 Å². The fraction of sp³-hybridized carbons (Fsp3) is 0.150. The van der Waals surface area contributed by atoms with Gasteiger partial charge in [0, 0.05) is 16.6 Å². The molecule has 3 rings (SSSR count). The van der Waals surface area contributed by atoms with E-state index in [1.165, 1.54) is 12.1 Å². The highest BCUT2D eigenvalue weighted by atomic mass is 32.2. The number of nitrogens with two attached hydrogens (primary N) is 1. The van der Waals surface area contributed by atoms with E-state index < -0.39 is 14.9 Å². The average molecular weight is 368 g/mol. The highest BCUT2D eigenvalue weighted by Crippen LogP contribution is 2.28. The van der Waals surface area contributed by atoms with Crippen LogP contribution >= 0.6 is 0 Å². The van der Waals surface area contributed by atoms with Gasteiger partial charge < -0.3 is 10.5 Å². The number of anilines is 1. The maximum absolute atomic E-state index is 13.1. The summed E-state index contributed by atoms with van der Waals surface area (Å²) in [4.78, 5) is 0.0971. The van der Waals surface area contributed by atoms with Crippen LogP contribution in [0.3, 0.4) is 0 Å². The summed E-state index contributed by atoms with van der Waals surface area (Å²) in [5, 5.41) is 9.18. The number of ether oxygens (including phenoxy) is 1. The highest BCUT2D eigenvalue weighted by Gasteiger charge is 2.26. The maximum atomic E-state index is 13.1. The molecule has 3 aromatic rings. The Morgan fingerprint density at radius 1 is 1.08 bits per heavy atom. The monoisotopic (exact) mass is 368 g/mol. The van der Waals surface area contributed by atoms with Crippen LogP contribution in [0.1, 0.15) is 18.9 Å². The first-order valence-electron chi connectivity index (χ1n) is 8.29. The van der Waals surface area contributed by atoms with Gasteiger partial charge in [-0.2, -0.15) is 0 Å². The Kier molecular flexibility index (Phi) is 4.95. The standard InChI is InChI=1S/C20H20N2O3S/c1-2-12-25-15-10-11-18(21)17(13-15)20(22)26(23,24)19-9-5-7-14-6-3-4-8-16(14)19/h3-11,13,22H,2,12,21H2,1H3. The molecule has 6 heteroatoms. The van der Waals surface area contributed by atoms with Crippen LogP contribution in [0.25, 0.3) is 10.8 Å². The number of nitrogen functional groups attached to an aromatic ring is 1. The summed E-state index contributed by atoms with van der Waals surface area (Å²) >= 11 is 0. The minimum atomic E-state index is -4.03. The van der Waals surface area contributed by atoms with E-state index in [0.717, 1.165) is 11.8 Å². The zero-order chi connectivity index (χ0) is 18.7. The number of hydrogen-bond donors (Lipinski definition) is 2. The van der Waals surface area contributed by atoms with Gasteiger partial charge >= 0.3 is 0 Å². The normalized spacial score (nSPS) is 11.4. The van der Waals surface area contributed by atoms with Gasteiger partial charge in [0.05, 0.1) is 11.5 Å².